The van der Waals surface area contributed by atoms with E-state index in [0.29, 0.717) is 35.5 Å². The van der Waals surface area contributed by atoms with Crippen molar-refractivity contribution in [3.63, 3.8) is 0 Å². The molecular weight excluding hydrogens is 372 g/mol. The van der Waals surface area contributed by atoms with E-state index < -0.39 is 0 Å². The molecule has 0 spiro atoms. The number of aryl methyl sites for hydroxylation is 1. The Bertz CT molecular complexity index is 914. The van der Waals surface area contributed by atoms with Crippen LogP contribution in [0.3, 0.4) is 0 Å². The molecule has 1 aromatic carbocycles. The normalized spacial score (nSPS) is 40.1. The molecule has 0 radical (unpaired) electrons. The minimum absolute atomic E-state index is 0.0215. The SMILES string of the molecule is Cc1ccccc1C(=O)O[C@H]1CC[C@H]2[C@@H]3CCC4=CC(=O)CC[C@]4(C)[C@H]3CC[C@]12C. The van der Waals surface area contributed by atoms with Crippen molar-refractivity contribution in [2.24, 2.45) is 28.6 Å². The van der Waals surface area contributed by atoms with Crippen LogP contribution in [0.15, 0.2) is 35.9 Å². The van der Waals surface area contributed by atoms with Crippen LogP contribution in [0.2, 0.25) is 0 Å². The average molecular weight is 407 g/mol. The van der Waals surface area contributed by atoms with Gasteiger partial charge in [0.05, 0.1) is 5.56 Å². The molecule has 30 heavy (non-hydrogen) atoms. The van der Waals surface area contributed by atoms with Crippen molar-refractivity contribution in [1.29, 1.82) is 0 Å². The van der Waals surface area contributed by atoms with Gasteiger partial charge in [0.15, 0.2) is 5.78 Å². The molecule has 0 aromatic heterocycles. The largest absolute Gasteiger partial charge is 0.458 e. The van der Waals surface area contributed by atoms with E-state index in [0.717, 1.165) is 37.7 Å². The minimum atomic E-state index is -0.159. The van der Waals surface area contributed by atoms with E-state index in [1.165, 1.54) is 18.4 Å². The Morgan fingerprint density at radius 2 is 1.80 bits per heavy atom. The van der Waals surface area contributed by atoms with Crippen LogP contribution in [0.25, 0.3) is 0 Å². The van der Waals surface area contributed by atoms with Crippen LogP contribution >= 0.6 is 0 Å². The number of ketones is 1. The van der Waals surface area contributed by atoms with Crippen molar-refractivity contribution in [3.05, 3.63) is 47.0 Å². The van der Waals surface area contributed by atoms with Gasteiger partial charge in [0.2, 0.25) is 0 Å². The summed E-state index contributed by atoms with van der Waals surface area (Å²) < 4.78 is 6.18. The summed E-state index contributed by atoms with van der Waals surface area (Å²) in [6.07, 6.45) is 10.5. The van der Waals surface area contributed by atoms with Crippen molar-refractivity contribution in [3.8, 4) is 0 Å². The minimum Gasteiger partial charge on any atom is -0.458 e. The Balaban J connectivity index is 1.37. The molecule has 3 fully saturated rings. The topological polar surface area (TPSA) is 43.4 Å². The molecule has 3 saturated carbocycles. The average Bonchev–Trinajstić information content (AvgIpc) is 3.05. The third-order valence-electron chi connectivity index (χ3n) is 9.49. The quantitative estimate of drug-likeness (QED) is 0.561. The zero-order valence-corrected chi connectivity index (χ0v) is 18.6. The maximum absolute atomic E-state index is 12.9. The highest BCUT2D eigenvalue weighted by molar-refractivity contribution is 5.92. The van der Waals surface area contributed by atoms with Crippen molar-refractivity contribution >= 4 is 11.8 Å². The van der Waals surface area contributed by atoms with Gasteiger partial charge < -0.3 is 4.74 Å². The Kier molecular flexibility index (Phi) is 4.72. The summed E-state index contributed by atoms with van der Waals surface area (Å²) in [6.45, 7) is 6.79. The Morgan fingerprint density at radius 1 is 1.00 bits per heavy atom. The van der Waals surface area contributed by atoms with Gasteiger partial charge in [0, 0.05) is 11.8 Å². The standard InChI is InChI=1S/C27H34O3/c1-17-6-4-5-7-20(17)25(29)30-24-11-10-22-21-9-8-18-16-19(28)12-14-26(18,2)23(21)13-15-27(22,24)3/h4-7,16,21-24H,8-15H2,1-3H3/t21-,22-,23-,24-,26-,27-/m0/s1. The molecule has 3 heteroatoms. The third kappa shape index (κ3) is 2.92. The van der Waals surface area contributed by atoms with Gasteiger partial charge in [-0.15, -0.1) is 0 Å². The molecule has 0 N–H and O–H groups in total. The molecule has 5 rings (SSSR count). The molecule has 4 aliphatic rings. The second kappa shape index (κ2) is 7.07. The van der Waals surface area contributed by atoms with E-state index in [2.05, 4.69) is 13.8 Å². The zero-order chi connectivity index (χ0) is 21.1. The highest BCUT2D eigenvalue weighted by Crippen LogP contribution is 2.65. The summed E-state index contributed by atoms with van der Waals surface area (Å²) >= 11 is 0. The molecule has 0 saturated heterocycles. The van der Waals surface area contributed by atoms with E-state index in [1.54, 1.807) is 0 Å². The maximum atomic E-state index is 12.9. The van der Waals surface area contributed by atoms with Gasteiger partial charge in [-0.3, -0.25) is 4.79 Å². The summed E-state index contributed by atoms with van der Waals surface area (Å²) in [5.74, 6) is 2.16. The first-order valence-corrected chi connectivity index (χ1v) is 11.8. The number of carbonyl (C=O) groups excluding carboxylic acids is 2. The number of ether oxygens (including phenoxy) is 1. The molecule has 1 aromatic rings. The van der Waals surface area contributed by atoms with Crippen LogP contribution in [0.1, 0.15) is 81.1 Å². The van der Waals surface area contributed by atoms with Crippen LogP contribution in [0.5, 0.6) is 0 Å². The van der Waals surface area contributed by atoms with Crippen molar-refractivity contribution in [2.45, 2.75) is 78.2 Å². The summed E-state index contributed by atoms with van der Waals surface area (Å²) in [4.78, 5) is 24.9. The van der Waals surface area contributed by atoms with Crippen LogP contribution < -0.4 is 0 Å². The fourth-order valence-corrected chi connectivity index (χ4v) is 7.70. The number of carbonyl (C=O) groups is 2. The third-order valence-corrected chi connectivity index (χ3v) is 9.49. The van der Waals surface area contributed by atoms with Gasteiger partial charge in [-0.1, -0.05) is 37.6 Å². The lowest BCUT2D eigenvalue weighted by atomic mass is 9.47. The molecular formula is C27H34O3. The predicted octanol–water partition coefficient (Wildman–Crippen LogP) is 6.05. The van der Waals surface area contributed by atoms with Gasteiger partial charge in [-0.25, -0.2) is 4.79 Å². The van der Waals surface area contributed by atoms with Crippen molar-refractivity contribution in [1.82, 2.24) is 0 Å². The highest BCUT2D eigenvalue weighted by Gasteiger charge is 2.60. The lowest BCUT2D eigenvalue weighted by Gasteiger charge is -2.57. The van der Waals surface area contributed by atoms with E-state index >= 15 is 0 Å². The number of hydrogen-bond donors (Lipinski definition) is 0. The molecule has 0 heterocycles. The molecule has 160 valence electrons. The smallest absolute Gasteiger partial charge is 0.338 e. The summed E-state index contributed by atoms with van der Waals surface area (Å²) in [5.41, 5.74) is 3.39. The number of fused-ring (bicyclic) bond motifs is 5. The first kappa shape index (κ1) is 20.0. The molecule has 0 bridgehead atoms. The summed E-state index contributed by atoms with van der Waals surface area (Å²) in [6, 6.07) is 7.73. The van der Waals surface area contributed by atoms with Crippen LogP contribution in [-0.2, 0) is 9.53 Å². The fourth-order valence-electron chi connectivity index (χ4n) is 7.70. The van der Waals surface area contributed by atoms with Crippen LogP contribution in [0, 0.1) is 35.5 Å². The van der Waals surface area contributed by atoms with Gasteiger partial charge in [0.1, 0.15) is 6.10 Å². The van der Waals surface area contributed by atoms with Gasteiger partial charge in [-0.2, -0.15) is 0 Å². The van der Waals surface area contributed by atoms with Gasteiger partial charge in [-0.05, 0) is 92.7 Å². The van der Waals surface area contributed by atoms with Crippen LogP contribution in [0.4, 0.5) is 0 Å². The van der Waals surface area contributed by atoms with E-state index in [4.69, 9.17) is 4.74 Å². The molecule has 0 amide bonds. The van der Waals surface area contributed by atoms with E-state index in [1.807, 2.05) is 37.3 Å². The number of rotatable bonds is 2. The molecule has 6 atom stereocenters. The summed E-state index contributed by atoms with van der Waals surface area (Å²) in [5, 5.41) is 0. The van der Waals surface area contributed by atoms with Crippen molar-refractivity contribution < 1.29 is 14.3 Å². The number of allylic oxidation sites excluding steroid dienone is 1. The number of esters is 1. The van der Waals surface area contributed by atoms with Crippen LogP contribution in [-0.4, -0.2) is 17.9 Å². The molecule has 0 aliphatic heterocycles. The molecule has 0 unspecified atom stereocenters. The Labute approximate surface area is 180 Å². The Hall–Kier alpha value is -1.90. The second-order valence-corrected chi connectivity index (χ2v) is 10.8. The van der Waals surface area contributed by atoms with Crippen molar-refractivity contribution in [2.75, 3.05) is 0 Å². The predicted molar refractivity (Wildman–Crippen MR) is 117 cm³/mol. The first-order chi connectivity index (χ1) is 14.3. The van der Waals surface area contributed by atoms with Gasteiger partial charge in [0.25, 0.3) is 0 Å². The number of hydrogen-bond acceptors (Lipinski definition) is 3. The van der Waals surface area contributed by atoms with Gasteiger partial charge >= 0.3 is 5.97 Å². The number of benzene rings is 1. The monoisotopic (exact) mass is 406 g/mol. The fraction of sp³-hybridized carbons (Fsp3) is 0.630. The van der Waals surface area contributed by atoms with E-state index in [-0.39, 0.29) is 22.9 Å². The Morgan fingerprint density at radius 3 is 2.60 bits per heavy atom. The lowest BCUT2D eigenvalue weighted by Crippen LogP contribution is -2.51. The summed E-state index contributed by atoms with van der Waals surface area (Å²) in [7, 11) is 0. The maximum Gasteiger partial charge on any atom is 0.338 e. The zero-order valence-electron chi connectivity index (χ0n) is 18.6. The molecule has 4 aliphatic carbocycles. The lowest BCUT2D eigenvalue weighted by molar-refractivity contribution is -0.118. The first-order valence-electron chi connectivity index (χ1n) is 11.8. The molecule has 3 nitrogen and oxygen atoms in total. The second-order valence-electron chi connectivity index (χ2n) is 10.8. The highest BCUT2D eigenvalue weighted by atomic mass is 16.5. The van der Waals surface area contributed by atoms with E-state index in [9.17, 15) is 9.59 Å².